The lowest BCUT2D eigenvalue weighted by molar-refractivity contribution is 0.152. The molecule has 124 valence electrons. The van der Waals surface area contributed by atoms with Crippen molar-refractivity contribution < 1.29 is 13.2 Å². The summed E-state index contributed by atoms with van der Waals surface area (Å²) < 4.78 is 31.7. The van der Waals surface area contributed by atoms with Crippen LogP contribution in [0.25, 0.3) is 0 Å². The number of ether oxygens (including phenoxy) is 1. The molecule has 0 aliphatic carbocycles. The molecular weight excluding hydrogens is 304 g/mol. The highest BCUT2D eigenvalue weighted by Gasteiger charge is 2.11. The second-order valence-corrected chi connectivity index (χ2v) is 6.10. The van der Waals surface area contributed by atoms with E-state index in [2.05, 4.69) is 20.3 Å². The number of benzene rings is 1. The maximum absolute atomic E-state index is 12.0. The number of hydrogen-bond donors (Lipinski definition) is 3. The van der Waals surface area contributed by atoms with Gasteiger partial charge < -0.3 is 15.4 Å². The summed E-state index contributed by atoms with van der Waals surface area (Å²) in [5.41, 5.74) is 0. The average molecular weight is 328 g/mol. The van der Waals surface area contributed by atoms with Crippen LogP contribution in [0.2, 0.25) is 0 Å². The Kier molecular flexibility index (Phi) is 8.49. The first-order valence-electron chi connectivity index (χ1n) is 7.17. The van der Waals surface area contributed by atoms with Gasteiger partial charge in [0.1, 0.15) is 0 Å². The second-order valence-electron chi connectivity index (χ2n) is 4.33. The van der Waals surface area contributed by atoms with E-state index in [0.29, 0.717) is 32.3 Å². The predicted molar refractivity (Wildman–Crippen MR) is 87.5 cm³/mol. The van der Waals surface area contributed by atoms with Crippen LogP contribution in [0.5, 0.6) is 0 Å². The molecular formula is C14H24N4O3S. The van der Waals surface area contributed by atoms with E-state index in [1.807, 2.05) is 6.92 Å². The van der Waals surface area contributed by atoms with Crippen molar-refractivity contribution in [3.63, 3.8) is 0 Å². The fourth-order valence-corrected chi connectivity index (χ4v) is 2.71. The molecule has 7 nitrogen and oxygen atoms in total. The van der Waals surface area contributed by atoms with Gasteiger partial charge in [0.15, 0.2) is 5.96 Å². The number of hydrogen-bond acceptors (Lipinski definition) is 4. The summed E-state index contributed by atoms with van der Waals surface area (Å²) >= 11 is 0. The number of sulfonamides is 1. The molecule has 3 N–H and O–H groups in total. The Morgan fingerprint density at radius 1 is 1.14 bits per heavy atom. The van der Waals surface area contributed by atoms with Crippen LogP contribution in [0.15, 0.2) is 40.2 Å². The SMILES string of the molecule is CCOCCNC(=NC)NCCNS(=O)(=O)c1ccccc1. The fraction of sp³-hybridized carbons (Fsp3) is 0.500. The first-order valence-corrected chi connectivity index (χ1v) is 8.65. The van der Waals surface area contributed by atoms with Crippen LogP contribution < -0.4 is 15.4 Å². The van der Waals surface area contributed by atoms with E-state index >= 15 is 0 Å². The van der Waals surface area contributed by atoms with E-state index in [1.54, 1.807) is 37.4 Å². The van der Waals surface area contributed by atoms with Gasteiger partial charge in [0.2, 0.25) is 10.0 Å². The standard InChI is InChI=1S/C14H24N4O3S/c1-3-21-12-11-17-14(15-2)16-9-10-18-22(19,20)13-7-5-4-6-8-13/h4-8,18H,3,9-12H2,1-2H3,(H2,15,16,17). The normalized spacial score (nSPS) is 12.2. The lowest BCUT2D eigenvalue weighted by Crippen LogP contribution is -2.42. The molecule has 0 bridgehead atoms. The third-order valence-electron chi connectivity index (χ3n) is 2.73. The van der Waals surface area contributed by atoms with Gasteiger partial charge >= 0.3 is 0 Å². The van der Waals surface area contributed by atoms with Crippen LogP contribution >= 0.6 is 0 Å². The van der Waals surface area contributed by atoms with E-state index in [4.69, 9.17) is 4.74 Å². The van der Waals surface area contributed by atoms with Crippen LogP contribution in [0, 0.1) is 0 Å². The first kappa shape index (κ1) is 18.4. The number of guanidine groups is 1. The molecule has 8 heteroatoms. The topological polar surface area (TPSA) is 91.8 Å². The van der Waals surface area contributed by atoms with Gasteiger partial charge in [-0.05, 0) is 19.1 Å². The minimum Gasteiger partial charge on any atom is -0.380 e. The highest BCUT2D eigenvalue weighted by Crippen LogP contribution is 2.06. The molecule has 1 rings (SSSR count). The van der Waals surface area contributed by atoms with Gasteiger partial charge in [-0.3, -0.25) is 4.99 Å². The van der Waals surface area contributed by atoms with Crippen molar-refractivity contribution in [2.24, 2.45) is 4.99 Å². The summed E-state index contributed by atoms with van der Waals surface area (Å²) in [5.74, 6) is 0.610. The molecule has 0 saturated carbocycles. The Morgan fingerprint density at radius 3 is 2.45 bits per heavy atom. The summed E-state index contributed by atoms with van der Waals surface area (Å²) in [7, 11) is -1.80. The van der Waals surface area contributed by atoms with Gasteiger partial charge in [-0.1, -0.05) is 18.2 Å². The van der Waals surface area contributed by atoms with Crippen molar-refractivity contribution in [2.45, 2.75) is 11.8 Å². The van der Waals surface area contributed by atoms with Crippen LogP contribution in [-0.2, 0) is 14.8 Å². The van der Waals surface area contributed by atoms with Gasteiger partial charge in [0, 0.05) is 33.3 Å². The van der Waals surface area contributed by atoms with Crippen LogP contribution in [0.4, 0.5) is 0 Å². The molecule has 0 unspecified atom stereocenters. The Morgan fingerprint density at radius 2 is 1.82 bits per heavy atom. The average Bonchev–Trinajstić information content (AvgIpc) is 2.54. The molecule has 0 aliphatic rings. The van der Waals surface area contributed by atoms with Crippen molar-refractivity contribution in [2.75, 3.05) is 39.9 Å². The van der Waals surface area contributed by atoms with E-state index in [-0.39, 0.29) is 11.4 Å². The Balaban J connectivity index is 2.29. The number of aliphatic imine (C=N–C) groups is 1. The zero-order valence-electron chi connectivity index (χ0n) is 13.0. The summed E-state index contributed by atoms with van der Waals surface area (Å²) in [6.07, 6.45) is 0. The summed E-state index contributed by atoms with van der Waals surface area (Å²) in [4.78, 5) is 4.30. The Bertz CT molecular complexity index is 546. The van der Waals surface area contributed by atoms with E-state index in [0.717, 1.165) is 0 Å². The molecule has 1 aromatic carbocycles. The highest BCUT2D eigenvalue weighted by atomic mass is 32.2. The molecule has 0 amide bonds. The zero-order chi connectivity index (χ0) is 16.3. The largest absolute Gasteiger partial charge is 0.380 e. The molecule has 0 spiro atoms. The summed E-state index contributed by atoms with van der Waals surface area (Å²) in [6, 6.07) is 8.28. The lowest BCUT2D eigenvalue weighted by atomic mass is 10.4. The molecule has 0 aliphatic heterocycles. The highest BCUT2D eigenvalue weighted by molar-refractivity contribution is 7.89. The van der Waals surface area contributed by atoms with Crippen molar-refractivity contribution in [1.29, 1.82) is 0 Å². The van der Waals surface area contributed by atoms with Crippen molar-refractivity contribution in [3.05, 3.63) is 30.3 Å². The van der Waals surface area contributed by atoms with E-state index < -0.39 is 10.0 Å². The quantitative estimate of drug-likeness (QED) is 0.341. The fourth-order valence-electron chi connectivity index (χ4n) is 1.66. The Labute approximate surface area is 132 Å². The third kappa shape index (κ3) is 6.88. The molecule has 0 saturated heterocycles. The summed E-state index contributed by atoms with van der Waals surface area (Å²) in [5, 5.41) is 6.10. The minimum absolute atomic E-state index is 0.259. The van der Waals surface area contributed by atoms with Crippen molar-refractivity contribution in [1.82, 2.24) is 15.4 Å². The van der Waals surface area contributed by atoms with E-state index in [9.17, 15) is 8.42 Å². The van der Waals surface area contributed by atoms with Crippen LogP contribution in [-0.4, -0.2) is 54.3 Å². The molecule has 1 aromatic rings. The van der Waals surface area contributed by atoms with Gasteiger partial charge in [0.05, 0.1) is 11.5 Å². The molecule has 0 aromatic heterocycles. The van der Waals surface area contributed by atoms with Crippen molar-refractivity contribution in [3.8, 4) is 0 Å². The molecule has 0 radical (unpaired) electrons. The van der Waals surface area contributed by atoms with Gasteiger partial charge in [-0.2, -0.15) is 0 Å². The van der Waals surface area contributed by atoms with Gasteiger partial charge in [0.25, 0.3) is 0 Å². The molecule has 22 heavy (non-hydrogen) atoms. The number of nitrogens with one attached hydrogen (secondary N) is 3. The first-order chi connectivity index (χ1) is 10.6. The molecule has 0 atom stereocenters. The zero-order valence-corrected chi connectivity index (χ0v) is 13.8. The van der Waals surface area contributed by atoms with Gasteiger partial charge in [-0.15, -0.1) is 0 Å². The molecule has 0 heterocycles. The van der Waals surface area contributed by atoms with Crippen molar-refractivity contribution >= 4 is 16.0 Å². The maximum atomic E-state index is 12.0. The lowest BCUT2D eigenvalue weighted by Gasteiger charge is -2.12. The van der Waals surface area contributed by atoms with Gasteiger partial charge in [-0.25, -0.2) is 13.1 Å². The van der Waals surface area contributed by atoms with Crippen LogP contribution in [0.3, 0.4) is 0 Å². The summed E-state index contributed by atoms with van der Waals surface area (Å²) in [6.45, 7) is 4.55. The minimum atomic E-state index is -3.46. The number of rotatable bonds is 9. The Hall–Kier alpha value is -1.64. The third-order valence-corrected chi connectivity index (χ3v) is 4.21. The predicted octanol–water partition coefficient (Wildman–Crippen LogP) is 0.166. The van der Waals surface area contributed by atoms with E-state index in [1.165, 1.54) is 0 Å². The monoisotopic (exact) mass is 328 g/mol. The smallest absolute Gasteiger partial charge is 0.240 e. The molecule has 0 fully saturated rings. The second kappa shape index (κ2) is 10.1. The van der Waals surface area contributed by atoms with Crippen LogP contribution in [0.1, 0.15) is 6.92 Å². The number of nitrogens with zero attached hydrogens (tertiary/aromatic N) is 1. The maximum Gasteiger partial charge on any atom is 0.240 e.